The Morgan fingerprint density at radius 3 is 2.33 bits per heavy atom. The van der Waals surface area contributed by atoms with Crippen LogP contribution in [0.3, 0.4) is 0 Å². The van der Waals surface area contributed by atoms with Crippen molar-refractivity contribution < 1.29 is 9.32 Å². The van der Waals surface area contributed by atoms with E-state index in [1.165, 1.54) is 50.6 Å². The van der Waals surface area contributed by atoms with Crippen molar-refractivity contribution >= 4 is 11.6 Å². The lowest BCUT2D eigenvalue weighted by Gasteiger charge is -2.19. The maximum Gasteiger partial charge on any atom is 0.316 e. The van der Waals surface area contributed by atoms with Crippen LogP contribution in [0, 0.1) is 0 Å². The highest BCUT2D eigenvalue weighted by Crippen LogP contribution is 2.24. The van der Waals surface area contributed by atoms with Gasteiger partial charge >= 0.3 is 11.8 Å². The molecule has 2 aromatic rings. The van der Waals surface area contributed by atoms with Gasteiger partial charge in [0.25, 0.3) is 0 Å². The third-order valence-corrected chi connectivity index (χ3v) is 5.66. The SMILES string of the molecule is O=C(NC1CCCCCCC1)c1nc(-c2ccc(N3CCCC3)cc2)no1. The number of benzene rings is 1. The summed E-state index contributed by atoms with van der Waals surface area (Å²) in [6.45, 7) is 2.24. The molecule has 144 valence electrons. The summed E-state index contributed by atoms with van der Waals surface area (Å²) in [6, 6.07) is 8.38. The number of carbonyl (C=O) groups excluding carboxylic acids is 1. The Kier molecular flexibility index (Phi) is 5.70. The molecule has 2 heterocycles. The Hall–Kier alpha value is -2.37. The monoisotopic (exact) mass is 368 g/mol. The number of anilines is 1. The quantitative estimate of drug-likeness (QED) is 0.876. The molecular formula is C21H28N4O2. The van der Waals surface area contributed by atoms with Crippen molar-refractivity contribution in [1.82, 2.24) is 15.5 Å². The van der Waals surface area contributed by atoms with Crippen LogP contribution in [0.2, 0.25) is 0 Å². The molecule has 0 atom stereocenters. The molecule has 4 rings (SSSR count). The third kappa shape index (κ3) is 4.49. The largest absolute Gasteiger partial charge is 0.372 e. The molecule has 1 aliphatic heterocycles. The second-order valence-corrected chi connectivity index (χ2v) is 7.68. The number of nitrogens with zero attached hydrogens (tertiary/aromatic N) is 3. The molecular weight excluding hydrogens is 340 g/mol. The topological polar surface area (TPSA) is 71.3 Å². The van der Waals surface area contributed by atoms with E-state index in [9.17, 15) is 4.79 Å². The molecule has 2 fully saturated rings. The normalized spacial score (nSPS) is 18.9. The summed E-state index contributed by atoms with van der Waals surface area (Å²) in [7, 11) is 0. The minimum absolute atomic E-state index is 0.0516. The zero-order chi connectivity index (χ0) is 18.5. The standard InChI is InChI=1S/C21H28N4O2/c26-20(22-17-8-4-2-1-3-5-9-17)21-23-19(24-27-21)16-10-12-18(13-11-16)25-14-6-7-15-25/h10-13,17H,1-9,14-15H2,(H,22,26). The zero-order valence-electron chi connectivity index (χ0n) is 15.8. The molecule has 6 heteroatoms. The predicted octanol–water partition coefficient (Wildman–Crippen LogP) is 4.18. The summed E-state index contributed by atoms with van der Waals surface area (Å²) < 4.78 is 5.22. The fraction of sp³-hybridized carbons (Fsp3) is 0.571. The van der Waals surface area contributed by atoms with Gasteiger partial charge in [-0.2, -0.15) is 4.98 Å². The van der Waals surface area contributed by atoms with Crippen LogP contribution in [-0.4, -0.2) is 35.2 Å². The first kappa shape index (κ1) is 18.0. The van der Waals surface area contributed by atoms with Gasteiger partial charge < -0.3 is 14.7 Å². The molecule has 6 nitrogen and oxygen atoms in total. The molecule has 2 aliphatic rings. The third-order valence-electron chi connectivity index (χ3n) is 5.66. The van der Waals surface area contributed by atoms with Crippen molar-refractivity contribution in [3.63, 3.8) is 0 Å². The Bertz CT molecular complexity index is 742. The molecule has 0 bridgehead atoms. The Balaban J connectivity index is 1.39. The van der Waals surface area contributed by atoms with E-state index in [-0.39, 0.29) is 17.8 Å². The van der Waals surface area contributed by atoms with Crippen LogP contribution in [0.1, 0.15) is 68.5 Å². The molecule has 1 N–H and O–H groups in total. The molecule has 27 heavy (non-hydrogen) atoms. The summed E-state index contributed by atoms with van der Waals surface area (Å²) in [4.78, 5) is 19.2. The lowest BCUT2D eigenvalue weighted by atomic mass is 9.97. The molecule has 1 amide bonds. The van der Waals surface area contributed by atoms with E-state index in [1.54, 1.807) is 0 Å². The lowest BCUT2D eigenvalue weighted by Crippen LogP contribution is -2.35. The first-order valence-electron chi connectivity index (χ1n) is 10.3. The average Bonchev–Trinajstić information content (AvgIpc) is 3.36. The van der Waals surface area contributed by atoms with Crippen molar-refractivity contribution in [1.29, 1.82) is 0 Å². The van der Waals surface area contributed by atoms with E-state index < -0.39 is 0 Å². The number of carbonyl (C=O) groups is 1. The van der Waals surface area contributed by atoms with Gasteiger partial charge in [0.05, 0.1) is 0 Å². The highest BCUT2D eigenvalue weighted by molar-refractivity contribution is 5.90. The number of hydrogen-bond acceptors (Lipinski definition) is 5. The van der Waals surface area contributed by atoms with Crippen LogP contribution < -0.4 is 10.2 Å². The molecule has 1 aromatic carbocycles. The van der Waals surface area contributed by atoms with E-state index in [1.807, 2.05) is 12.1 Å². The van der Waals surface area contributed by atoms with Crippen LogP contribution >= 0.6 is 0 Å². The van der Waals surface area contributed by atoms with Gasteiger partial charge in [0, 0.05) is 30.4 Å². The van der Waals surface area contributed by atoms with Crippen LogP contribution in [0.5, 0.6) is 0 Å². The number of nitrogens with one attached hydrogen (secondary N) is 1. The maximum atomic E-state index is 12.5. The van der Waals surface area contributed by atoms with Gasteiger partial charge in [0.15, 0.2) is 0 Å². The first-order valence-corrected chi connectivity index (χ1v) is 10.3. The van der Waals surface area contributed by atoms with Crippen molar-refractivity contribution in [3.8, 4) is 11.4 Å². The molecule has 1 aliphatic carbocycles. The van der Waals surface area contributed by atoms with E-state index >= 15 is 0 Å². The summed E-state index contributed by atoms with van der Waals surface area (Å²) in [5, 5.41) is 7.07. The minimum Gasteiger partial charge on any atom is -0.372 e. The maximum absolute atomic E-state index is 12.5. The molecule has 1 saturated heterocycles. The molecule has 0 unspecified atom stereocenters. The Morgan fingerprint density at radius 1 is 0.963 bits per heavy atom. The highest BCUT2D eigenvalue weighted by Gasteiger charge is 2.20. The van der Waals surface area contributed by atoms with Gasteiger partial charge in [-0.3, -0.25) is 4.79 Å². The minimum atomic E-state index is -0.256. The smallest absolute Gasteiger partial charge is 0.316 e. The van der Waals surface area contributed by atoms with E-state index in [4.69, 9.17) is 4.52 Å². The second-order valence-electron chi connectivity index (χ2n) is 7.68. The van der Waals surface area contributed by atoms with Crippen LogP contribution in [0.25, 0.3) is 11.4 Å². The fourth-order valence-electron chi connectivity index (χ4n) is 4.08. The molecule has 1 saturated carbocycles. The summed E-state index contributed by atoms with van der Waals surface area (Å²) >= 11 is 0. The molecule has 1 aromatic heterocycles. The van der Waals surface area contributed by atoms with E-state index in [2.05, 4.69) is 32.5 Å². The van der Waals surface area contributed by atoms with Crippen LogP contribution in [0.4, 0.5) is 5.69 Å². The van der Waals surface area contributed by atoms with Gasteiger partial charge in [-0.1, -0.05) is 37.3 Å². The van der Waals surface area contributed by atoms with Gasteiger partial charge in [-0.25, -0.2) is 0 Å². The van der Waals surface area contributed by atoms with Crippen LogP contribution in [0.15, 0.2) is 28.8 Å². The van der Waals surface area contributed by atoms with Crippen molar-refractivity contribution in [3.05, 3.63) is 30.2 Å². The molecule has 0 spiro atoms. The van der Waals surface area contributed by atoms with Gasteiger partial charge in [0.1, 0.15) is 0 Å². The molecule has 0 radical (unpaired) electrons. The van der Waals surface area contributed by atoms with Crippen molar-refractivity contribution in [2.24, 2.45) is 0 Å². The van der Waals surface area contributed by atoms with Gasteiger partial charge in [0.2, 0.25) is 5.82 Å². The zero-order valence-corrected chi connectivity index (χ0v) is 15.8. The average molecular weight is 368 g/mol. The van der Waals surface area contributed by atoms with Crippen molar-refractivity contribution in [2.75, 3.05) is 18.0 Å². The lowest BCUT2D eigenvalue weighted by molar-refractivity contribution is 0.0886. The highest BCUT2D eigenvalue weighted by atomic mass is 16.5. The van der Waals surface area contributed by atoms with Gasteiger partial charge in [-0.15, -0.1) is 0 Å². The fourth-order valence-corrected chi connectivity index (χ4v) is 4.08. The Labute approximate surface area is 160 Å². The van der Waals surface area contributed by atoms with Gasteiger partial charge in [-0.05, 0) is 49.9 Å². The van der Waals surface area contributed by atoms with E-state index in [0.717, 1.165) is 31.5 Å². The number of amides is 1. The number of aromatic nitrogens is 2. The Morgan fingerprint density at radius 2 is 1.63 bits per heavy atom. The second kappa shape index (κ2) is 8.55. The summed E-state index contributed by atoms with van der Waals surface area (Å²) in [6.07, 6.45) is 10.7. The number of hydrogen-bond donors (Lipinski definition) is 1. The van der Waals surface area contributed by atoms with Crippen molar-refractivity contribution in [2.45, 2.75) is 63.8 Å². The number of rotatable bonds is 4. The van der Waals surface area contributed by atoms with E-state index in [0.29, 0.717) is 5.82 Å². The predicted molar refractivity (Wildman–Crippen MR) is 105 cm³/mol. The van der Waals surface area contributed by atoms with Crippen LogP contribution in [-0.2, 0) is 0 Å². The summed E-state index contributed by atoms with van der Waals surface area (Å²) in [5.74, 6) is 0.259. The first-order chi connectivity index (χ1) is 13.3. The summed E-state index contributed by atoms with van der Waals surface area (Å²) in [5.41, 5.74) is 2.09.